The van der Waals surface area contributed by atoms with Crippen LogP contribution in [0.3, 0.4) is 0 Å². The molecule has 0 unspecified atom stereocenters. The van der Waals surface area contributed by atoms with E-state index in [1.54, 1.807) is 0 Å². The van der Waals surface area contributed by atoms with E-state index in [-0.39, 0.29) is 26.3 Å². The fourth-order valence-electron chi connectivity index (χ4n) is 2.61. The second-order valence-corrected chi connectivity index (χ2v) is 8.88. The molecule has 0 atom stereocenters. The molecular weight excluding hydrogens is 457 g/mol. The van der Waals surface area contributed by atoms with Crippen molar-refractivity contribution in [1.29, 1.82) is 0 Å². The van der Waals surface area contributed by atoms with Crippen LogP contribution in [0.2, 0.25) is 10.0 Å². The third-order valence-electron chi connectivity index (χ3n) is 3.95. The average Bonchev–Trinajstić information content (AvgIpc) is 2.66. The van der Waals surface area contributed by atoms with Gasteiger partial charge in [0, 0.05) is 15.7 Å². The Labute approximate surface area is 181 Å². The molecule has 0 aliphatic carbocycles. The van der Waals surface area contributed by atoms with Crippen molar-refractivity contribution in [1.82, 2.24) is 0 Å². The number of carbonyl (C=O) groups excluding carboxylic acids is 1. The van der Waals surface area contributed by atoms with Gasteiger partial charge in [-0.1, -0.05) is 23.2 Å². The highest BCUT2D eigenvalue weighted by atomic mass is 35.5. The van der Waals surface area contributed by atoms with E-state index < -0.39 is 34.1 Å². The first-order valence-corrected chi connectivity index (χ1v) is 10.6. The van der Waals surface area contributed by atoms with Gasteiger partial charge in [-0.05, 0) is 66.7 Å². The van der Waals surface area contributed by atoms with E-state index in [0.29, 0.717) is 0 Å². The first-order valence-electron chi connectivity index (χ1n) is 8.45. The normalized spacial score (nSPS) is 11.2. The van der Waals surface area contributed by atoms with Crippen LogP contribution in [0, 0.1) is 11.6 Å². The number of carbonyl (C=O) groups is 1. The van der Waals surface area contributed by atoms with E-state index in [1.807, 2.05) is 0 Å². The number of sulfonamides is 1. The van der Waals surface area contributed by atoms with Crippen molar-refractivity contribution in [2.45, 2.75) is 4.90 Å². The van der Waals surface area contributed by atoms with Crippen molar-refractivity contribution >= 4 is 50.5 Å². The summed E-state index contributed by atoms with van der Waals surface area (Å²) in [4.78, 5) is 12.4. The van der Waals surface area contributed by atoms with Crippen LogP contribution in [0.5, 0.6) is 0 Å². The summed E-state index contributed by atoms with van der Waals surface area (Å²) >= 11 is 11.8. The number of rotatable bonds is 6. The molecule has 0 aliphatic rings. The van der Waals surface area contributed by atoms with Gasteiger partial charge in [-0.25, -0.2) is 17.2 Å². The molecule has 0 saturated carbocycles. The monoisotopic (exact) mass is 470 g/mol. The van der Waals surface area contributed by atoms with Crippen molar-refractivity contribution in [3.8, 4) is 0 Å². The maximum atomic E-state index is 13.3. The van der Waals surface area contributed by atoms with Gasteiger partial charge >= 0.3 is 0 Å². The first kappa shape index (κ1) is 22.0. The molecule has 0 radical (unpaired) electrons. The molecule has 0 saturated heterocycles. The minimum atomic E-state index is -4.26. The van der Waals surface area contributed by atoms with Gasteiger partial charge in [0.2, 0.25) is 5.91 Å². The second kappa shape index (κ2) is 8.99. The Morgan fingerprint density at radius 1 is 0.867 bits per heavy atom. The molecule has 0 aromatic heterocycles. The van der Waals surface area contributed by atoms with Gasteiger partial charge < -0.3 is 5.32 Å². The number of benzene rings is 3. The Balaban J connectivity index is 1.94. The van der Waals surface area contributed by atoms with Crippen LogP contribution in [0.4, 0.5) is 20.2 Å². The summed E-state index contributed by atoms with van der Waals surface area (Å²) in [7, 11) is -4.26. The summed E-state index contributed by atoms with van der Waals surface area (Å²) < 4.78 is 53.6. The number of hydrogen-bond acceptors (Lipinski definition) is 3. The maximum absolute atomic E-state index is 13.3. The number of nitrogens with zero attached hydrogens (tertiary/aromatic N) is 1. The van der Waals surface area contributed by atoms with Gasteiger partial charge in [-0.2, -0.15) is 0 Å². The third-order valence-corrected chi connectivity index (χ3v) is 6.17. The molecule has 156 valence electrons. The fourth-order valence-corrected chi connectivity index (χ4v) is 4.56. The van der Waals surface area contributed by atoms with E-state index in [2.05, 4.69) is 5.32 Å². The summed E-state index contributed by atoms with van der Waals surface area (Å²) in [6.45, 7) is -0.629. The quantitative estimate of drug-likeness (QED) is 0.544. The molecule has 1 N–H and O–H groups in total. The molecular formula is C20H14Cl2F2N2O3S. The number of nitrogens with one attached hydrogen (secondary N) is 1. The molecule has 10 heteroatoms. The number of amides is 1. The van der Waals surface area contributed by atoms with Gasteiger partial charge in [0.05, 0.1) is 10.6 Å². The van der Waals surface area contributed by atoms with Gasteiger partial charge in [0.25, 0.3) is 10.0 Å². The van der Waals surface area contributed by atoms with Crippen LogP contribution in [-0.4, -0.2) is 20.9 Å². The zero-order valence-corrected chi connectivity index (χ0v) is 17.5. The second-order valence-electron chi connectivity index (χ2n) is 6.15. The summed E-state index contributed by atoms with van der Waals surface area (Å²) in [5, 5.41) is 3.09. The Morgan fingerprint density at radius 3 is 1.90 bits per heavy atom. The summed E-state index contributed by atoms with van der Waals surface area (Å²) in [5.41, 5.74) is 0.329. The lowest BCUT2D eigenvalue weighted by Gasteiger charge is -2.24. The van der Waals surface area contributed by atoms with Crippen LogP contribution >= 0.6 is 23.2 Å². The number of halogens is 4. The fraction of sp³-hybridized carbons (Fsp3) is 0.0500. The molecule has 3 aromatic carbocycles. The van der Waals surface area contributed by atoms with Crippen molar-refractivity contribution in [3.05, 3.63) is 88.4 Å². The van der Waals surface area contributed by atoms with Gasteiger partial charge in [0.1, 0.15) is 18.2 Å². The van der Waals surface area contributed by atoms with Gasteiger partial charge in [-0.15, -0.1) is 0 Å². The molecule has 1 amide bonds. The molecule has 30 heavy (non-hydrogen) atoms. The lowest BCUT2D eigenvalue weighted by molar-refractivity contribution is -0.114. The van der Waals surface area contributed by atoms with Crippen LogP contribution in [0.15, 0.2) is 71.6 Å². The molecule has 0 spiro atoms. The smallest absolute Gasteiger partial charge is 0.264 e. The highest BCUT2D eigenvalue weighted by molar-refractivity contribution is 7.92. The Kier molecular flexibility index (Phi) is 6.60. The molecule has 0 aliphatic heterocycles. The molecule has 0 heterocycles. The Hall–Kier alpha value is -2.68. The lowest BCUT2D eigenvalue weighted by atomic mass is 10.3. The van der Waals surface area contributed by atoms with Crippen LogP contribution in [-0.2, 0) is 14.8 Å². The summed E-state index contributed by atoms with van der Waals surface area (Å²) in [5.74, 6) is -1.88. The summed E-state index contributed by atoms with van der Waals surface area (Å²) in [6.07, 6.45) is 0. The number of hydrogen-bond donors (Lipinski definition) is 1. The maximum Gasteiger partial charge on any atom is 0.264 e. The Morgan fingerprint density at radius 2 is 1.37 bits per heavy atom. The predicted molar refractivity (Wildman–Crippen MR) is 112 cm³/mol. The molecule has 0 bridgehead atoms. The van der Waals surface area contributed by atoms with E-state index >= 15 is 0 Å². The predicted octanol–water partition coefficient (Wildman–Crippen LogP) is 5.11. The summed E-state index contributed by atoms with van der Waals surface area (Å²) in [6, 6.07) is 13.1. The van der Waals surface area contributed by atoms with Crippen molar-refractivity contribution in [2.24, 2.45) is 0 Å². The molecule has 3 aromatic rings. The average molecular weight is 471 g/mol. The Bertz CT molecular complexity index is 1150. The highest BCUT2D eigenvalue weighted by Gasteiger charge is 2.27. The van der Waals surface area contributed by atoms with Crippen molar-refractivity contribution < 1.29 is 22.0 Å². The topological polar surface area (TPSA) is 66.5 Å². The van der Waals surface area contributed by atoms with Gasteiger partial charge in [0.15, 0.2) is 0 Å². The molecule has 3 rings (SSSR count). The SMILES string of the molecule is O=C(CN(c1ccc(F)cc1)S(=O)(=O)c1ccc(F)cc1)Nc1cc(Cl)cc(Cl)c1. The van der Waals surface area contributed by atoms with Crippen LogP contribution in [0.1, 0.15) is 0 Å². The lowest BCUT2D eigenvalue weighted by Crippen LogP contribution is -2.38. The van der Waals surface area contributed by atoms with E-state index in [9.17, 15) is 22.0 Å². The highest BCUT2D eigenvalue weighted by Crippen LogP contribution is 2.25. The minimum absolute atomic E-state index is 0.0556. The zero-order valence-electron chi connectivity index (χ0n) is 15.2. The molecule has 5 nitrogen and oxygen atoms in total. The first-order chi connectivity index (χ1) is 14.1. The van der Waals surface area contributed by atoms with E-state index in [1.165, 1.54) is 30.3 Å². The third kappa shape index (κ3) is 5.27. The number of anilines is 2. The van der Waals surface area contributed by atoms with Crippen LogP contribution < -0.4 is 9.62 Å². The zero-order chi connectivity index (χ0) is 21.9. The van der Waals surface area contributed by atoms with Crippen molar-refractivity contribution in [2.75, 3.05) is 16.2 Å². The van der Waals surface area contributed by atoms with E-state index in [4.69, 9.17) is 23.2 Å². The minimum Gasteiger partial charge on any atom is -0.324 e. The molecule has 0 fully saturated rings. The van der Waals surface area contributed by atoms with E-state index in [0.717, 1.165) is 40.7 Å². The van der Waals surface area contributed by atoms with Gasteiger partial charge in [-0.3, -0.25) is 9.10 Å². The van der Waals surface area contributed by atoms with Crippen molar-refractivity contribution in [3.63, 3.8) is 0 Å². The van der Waals surface area contributed by atoms with Crippen LogP contribution in [0.25, 0.3) is 0 Å². The largest absolute Gasteiger partial charge is 0.324 e. The standard InChI is InChI=1S/C20H14Cl2F2N2O3S/c21-13-9-14(22)11-17(10-13)25-20(27)12-26(18-5-1-15(23)2-6-18)30(28,29)19-7-3-16(24)4-8-19/h1-11H,12H2,(H,25,27).